The monoisotopic (exact) mass is 306 g/mol. The summed E-state index contributed by atoms with van der Waals surface area (Å²) in [5.74, 6) is 0.772. The zero-order valence-corrected chi connectivity index (χ0v) is 13.7. The normalized spacial score (nSPS) is 12.8. The SMILES string of the molecule is Cc1csc(CC(CNCC(C)C)c2ccc(F)cc2)n1. The minimum absolute atomic E-state index is 0.183. The van der Waals surface area contributed by atoms with Crippen LogP contribution < -0.4 is 5.32 Å². The van der Waals surface area contributed by atoms with Crippen molar-refractivity contribution in [2.45, 2.75) is 33.1 Å². The quantitative estimate of drug-likeness (QED) is 0.830. The van der Waals surface area contributed by atoms with Crippen molar-refractivity contribution in [3.05, 3.63) is 51.7 Å². The summed E-state index contributed by atoms with van der Waals surface area (Å²) in [6.07, 6.45) is 0.898. The maximum Gasteiger partial charge on any atom is 0.123 e. The standard InChI is InChI=1S/C17H23FN2S/c1-12(2)9-19-10-15(8-17-20-13(3)11-21-17)14-4-6-16(18)7-5-14/h4-7,11-12,15,19H,8-10H2,1-3H3. The number of benzene rings is 1. The predicted octanol–water partition coefficient (Wildman–Crippen LogP) is 4.16. The maximum atomic E-state index is 13.1. The average molecular weight is 306 g/mol. The summed E-state index contributed by atoms with van der Waals surface area (Å²) < 4.78 is 13.1. The van der Waals surface area contributed by atoms with Crippen LogP contribution in [0, 0.1) is 18.7 Å². The van der Waals surface area contributed by atoms with Gasteiger partial charge in [0, 0.05) is 30.0 Å². The van der Waals surface area contributed by atoms with Crippen LogP contribution in [-0.2, 0) is 6.42 Å². The van der Waals surface area contributed by atoms with Crippen molar-refractivity contribution >= 4 is 11.3 Å². The third-order valence-electron chi connectivity index (χ3n) is 3.37. The Morgan fingerprint density at radius 2 is 1.90 bits per heavy atom. The van der Waals surface area contributed by atoms with E-state index in [1.807, 2.05) is 19.1 Å². The number of nitrogens with one attached hydrogen (secondary N) is 1. The molecule has 114 valence electrons. The molecule has 1 atom stereocenters. The fourth-order valence-electron chi connectivity index (χ4n) is 2.30. The molecule has 2 rings (SSSR count). The van der Waals surface area contributed by atoms with Crippen LogP contribution in [0.15, 0.2) is 29.6 Å². The average Bonchev–Trinajstić information content (AvgIpc) is 2.84. The fraction of sp³-hybridized carbons (Fsp3) is 0.471. The highest BCUT2D eigenvalue weighted by molar-refractivity contribution is 7.09. The summed E-state index contributed by atoms with van der Waals surface area (Å²) in [4.78, 5) is 4.55. The second-order valence-corrected chi connectivity index (χ2v) is 6.83. The Balaban J connectivity index is 2.07. The molecule has 0 aliphatic heterocycles. The molecule has 0 fully saturated rings. The summed E-state index contributed by atoms with van der Waals surface area (Å²) in [7, 11) is 0. The Bertz CT molecular complexity index is 548. The first-order valence-electron chi connectivity index (χ1n) is 7.41. The predicted molar refractivity (Wildman–Crippen MR) is 87.4 cm³/mol. The number of hydrogen-bond donors (Lipinski definition) is 1. The summed E-state index contributed by atoms with van der Waals surface area (Å²) >= 11 is 1.70. The molecule has 1 aromatic heterocycles. The topological polar surface area (TPSA) is 24.9 Å². The number of hydrogen-bond acceptors (Lipinski definition) is 3. The highest BCUT2D eigenvalue weighted by Crippen LogP contribution is 2.23. The Labute approximate surface area is 130 Å². The fourth-order valence-corrected chi connectivity index (χ4v) is 3.15. The van der Waals surface area contributed by atoms with E-state index in [1.54, 1.807) is 11.3 Å². The van der Waals surface area contributed by atoms with Gasteiger partial charge >= 0.3 is 0 Å². The second kappa shape index (κ2) is 7.66. The van der Waals surface area contributed by atoms with Crippen LogP contribution in [-0.4, -0.2) is 18.1 Å². The molecule has 1 heterocycles. The lowest BCUT2D eigenvalue weighted by molar-refractivity contribution is 0.513. The maximum absolute atomic E-state index is 13.1. The molecule has 2 nitrogen and oxygen atoms in total. The molecule has 0 bridgehead atoms. The molecule has 0 amide bonds. The lowest BCUT2D eigenvalue weighted by atomic mass is 9.95. The molecular weight excluding hydrogens is 283 g/mol. The van der Waals surface area contributed by atoms with Gasteiger partial charge in [0.05, 0.1) is 5.01 Å². The molecule has 21 heavy (non-hydrogen) atoms. The van der Waals surface area contributed by atoms with Crippen LogP contribution in [0.25, 0.3) is 0 Å². The van der Waals surface area contributed by atoms with E-state index in [2.05, 4.69) is 29.5 Å². The van der Waals surface area contributed by atoms with Crippen molar-refractivity contribution in [1.82, 2.24) is 10.3 Å². The molecule has 0 saturated carbocycles. The Kier molecular flexibility index (Phi) is 5.88. The first-order valence-corrected chi connectivity index (χ1v) is 8.29. The largest absolute Gasteiger partial charge is 0.316 e. The Morgan fingerprint density at radius 1 is 1.19 bits per heavy atom. The molecule has 0 aliphatic carbocycles. The highest BCUT2D eigenvalue weighted by Gasteiger charge is 2.14. The lowest BCUT2D eigenvalue weighted by Gasteiger charge is -2.18. The van der Waals surface area contributed by atoms with Crippen molar-refractivity contribution in [1.29, 1.82) is 0 Å². The molecule has 0 radical (unpaired) electrons. The van der Waals surface area contributed by atoms with Gasteiger partial charge in [-0.3, -0.25) is 0 Å². The van der Waals surface area contributed by atoms with Crippen LogP contribution >= 0.6 is 11.3 Å². The number of nitrogens with zero attached hydrogens (tertiary/aromatic N) is 1. The van der Waals surface area contributed by atoms with Gasteiger partial charge in [0.1, 0.15) is 5.82 Å². The molecule has 0 saturated heterocycles. The minimum Gasteiger partial charge on any atom is -0.316 e. The zero-order chi connectivity index (χ0) is 15.2. The van der Waals surface area contributed by atoms with Crippen LogP contribution in [0.2, 0.25) is 0 Å². The zero-order valence-electron chi connectivity index (χ0n) is 12.9. The molecule has 4 heteroatoms. The molecule has 2 aromatic rings. The van der Waals surface area contributed by atoms with E-state index < -0.39 is 0 Å². The van der Waals surface area contributed by atoms with Gasteiger partial charge in [0.2, 0.25) is 0 Å². The number of halogens is 1. The van der Waals surface area contributed by atoms with Crippen molar-refractivity contribution in [2.24, 2.45) is 5.92 Å². The van der Waals surface area contributed by atoms with Crippen LogP contribution in [0.5, 0.6) is 0 Å². The van der Waals surface area contributed by atoms with Crippen molar-refractivity contribution < 1.29 is 4.39 Å². The first-order chi connectivity index (χ1) is 10.0. The van der Waals surface area contributed by atoms with Gasteiger partial charge in [-0.2, -0.15) is 0 Å². The summed E-state index contributed by atoms with van der Waals surface area (Å²) in [6, 6.07) is 6.85. The first kappa shape index (κ1) is 16.1. The summed E-state index contributed by atoms with van der Waals surface area (Å²) in [6.45, 7) is 8.30. The molecule has 1 N–H and O–H groups in total. The number of rotatable bonds is 7. The van der Waals surface area contributed by atoms with Gasteiger partial charge in [-0.15, -0.1) is 11.3 Å². The van der Waals surface area contributed by atoms with Crippen LogP contribution in [0.3, 0.4) is 0 Å². The lowest BCUT2D eigenvalue weighted by Crippen LogP contribution is -2.26. The van der Waals surface area contributed by atoms with Gasteiger partial charge in [-0.1, -0.05) is 26.0 Å². The van der Waals surface area contributed by atoms with Gasteiger partial charge in [-0.25, -0.2) is 9.37 Å². The van der Waals surface area contributed by atoms with Gasteiger partial charge < -0.3 is 5.32 Å². The number of aromatic nitrogens is 1. The Hall–Kier alpha value is -1.26. The summed E-state index contributed by atoms with van der Waals surface area (Å²) in [5, 5.41) is 6.74. The van der Waals surface area contributed by atoms with E-state index in [-0.39, 0.29) is 5.82 Å². The molecular formula is C17H23FN2S. The third kappa shape index (κ3) is 5.21. The molecule has 1 unspecified atom stereocenters. The molecule has 0 spiro atoms. The Morgan fingerprint density at radius 3 is 2.48 bits per heavy atom. The third-order valence-corrected chi connectivity index (χ3v) is 4.36. The van der Waals surface area contributed by atoms with E-state index >= 15 is 0 Å². The van der Waals surface area contributed by atoms with Crippen LogP contribution in [0.4, 0.5) is 4.39 Å². The van der Waals surface area contributed by atoms with Crippen molar-refractivity contribution in [2.75, 3.05) is 13.1 Å². The van der Waals surface area contributed by atoms with E-state index in [4.69, 9.17) is 0 Å². The molecule has 0 aliphatic rings. The van der Waals surface area contributed by atoms with Crippen molar-refractivity contribution in [3.63, 3.8) is 0 Å². The number of thiazole rings is 1. The highest BCUT2D eigenvalue weighted by atomic mass is 32.1. The van der Waals surface area contributed by atoms with E-state index in [0.717, 1.165) is 30.2 Å². The summed E-state index contributed by atoms with van der Waals surface area (Å²) in [5.41, 5.74) is 2.24. The number of aryl methyl sites for hydroxylation is 1. The smallest absolute Gasteiger partial charge is 0.123 e. The van der Waals surface area contributed by atoms with E-state index in [9.17, 15) is 4.39 Å². The van der Waals surface area contributed by atoms with Gasteiger partial charge in [-0.05, 0) is 37.1 Å². The van der Waals surface area contributed by atoms with Gasteiger partial charge in [0.25, 0.3) is 0 Å². The van der Waals surface area contributed by atoms with Crippen molar-refractivity contribution in [3.8, 4) is 0 Å². The van der Waals surface area contributed by atoms with Crippen LogP contribution in [0.1, 0.15) is 36.0 Å². The van der Waals surface area contributed by atoms with E-state index in [1.165, 1.54) is 17.7 Å². The van der Waals surface area contributed by atoms with Gasteiger partial charge in [0.15, 0.2) is 0 Å². The second-order valence-electron chi connectivity index (χ2n) is 5.89. The molecule has 1 aromatic carbocycles. The van der Waals surface area contributed by atoms with E-state index in [0.29, 0.717) is 11.8 Å². The minimum atomic E-state index is -0.183.